The van der Waals surface area contributed by atoms with Gasteiger partial charge < -0.3 is 15.1 Å². The largest absolute Gasteiger partial charge is 0.394 e. The topological polar surface area (TPSA) is 73.7 Å². The summed E-state index contributed by atoms with van der Waals surface area (Å²) in [5.74, 6) is 0.286. The van der Waals surface area contributed by atoms with E-state index in [2.05, 4.69) is 4.98 Å². The summed E-state index contributed by atoms with van der Waals surface area (Å²) in [6.07, 6.45) is 0.764. The molecule has 0 spiro atoms. The first kappa shape index (κ1) is 14.0. The van der Waals surface area contributed by atoms with Crippen LogP contribution in [0.25, 0.3) is 0 Å². The first-order chi connectivity index (χ1) is 8.04. The van der Waals surface area contributed by atoms with Crippen LogP contribution in [0, 0.1) is 0 Å². The summed E-state index contributed by atoms with van der Waals surface area (Å²) in [5, 5.41) is 18.5. The summed E-state index contributed by atoms with van der Waals surface area (Å²) in [5.41, 5.74) is 0.530. The number of thioether (sulfide) groups is 1. The highest BCUT2D eigenvalue weighted by molar-refractivity contribution is 7.99. The van der Waals surface area contributed by atoms with E-state index in [0.717, 1.165) is 0 Å². The fraction of sp³-hybridized carbons (Fsp3) is 0.455. The number of aliphatic hydroxyl groups is 2. The van der Waals surface area contributed by atoms with Gasteiger partial charge in [0.1, 0.15) is 0 Å². The van der Waals surface area contributed by atoms with Crippen molar-refractivity contribution in [1.82, 2.24) is 9.88 Å². The van der Waals surface area contributed by atoms with Crippen LogP contribution in [0.1, 0.15) is 10.4 Å². The third kappa shape index (κ3) is 4.33. The summed E-state index contributed by atoms with van der Waals surface area (Å²) < 4.78 is 0. The monoisotopic (exact) mass is 256 g/mol. The molecular formula is C11H16N2O3S. The maximum Gasteiger partial charge on any atom is 0.254 e. The molecule has 0 aliphatic heterocycles. The van der Waals surface area contributed by atoms with Crippen molar-refractivity contribution < 1.29 is 15.0 Å². The number of hydrogen-bond acceptors (Lipinski definition) is 5. The third-order valence-electron chi connectivity index (χ3n) is 2.02. The molecule has 0 saturated heterocycles. The van der Waals surface area contributed by atoms with Gasteiger partial charge in [0.25, 0.3) is 5.91 Å². The fourth-order valence-corrected chi connectivity index (χ4v) is 1.84. The zero-order valence-corrected chi connectivity index (χ0v) is 10.6. The van der Waals surface area contributed by atoms with Crippen molar-refractivity contribution in [2.45, 2.75) is 11.1 Å². The van der Waals surface area contributed by atoms with Gasteiger partial charge >= 0.3 is 0 Å². The van der Waals surface area contributed by atoms with Gasteiger partial charge in [-0.2, -0.15) is 0 Å². The van der Waals surface area contributed by atoms with Gasteiger partial charge in [-0.3, -0.25) is 4.79 Å². The second kappa shape index (κ2) is 6.58. The number of aliphatic hydroxyl groups excluding tert-OH is 2. The quantitative estimate of drug-likeness (QED) is 0.738. The third-order valence-corrected chi connectivity index (χ3v) is 3.11. The SMILES string of the molecule is CN(C)C(=O)c1ccc(SCC(O)CO)nc1. The van der Waals surface area contributed by atoms with Crippen LogP contribution in [0.2, 0.25) is 0 Å². The minimum absolute atomic E-state index is 0.0931. The molecule has 1 unspecified atom stereocenters. The number of rotatable bonds is 5. The van der Waals surface area contributed by atoms with Crippen LogP contribution in [0.15, 0.2) is 23.4 Å². The van der Waals surface area contributed by atoms with Crippen LogP contribution < -0.4 is 0 Å². The van der Waals surface area contributed by atoms with Crippen molar-refractivity contribution in [2.24, 2.45) is 0 Å². The summed E-state index contributed by atoms with van der Waals surface area (Å²) in [4.78, 5) is 17.2. The molecule has 0 bridgehead atoms. The Morgan fingerprint density at radius 3 is 2.71 bits per heavy atom. The first-order valence-electron chi connectivity index (χ1n) is 5.14. The number of nitrogens with zero attached hydrogens (tertiary/aromatic N) is 2. The Balaban J connectivity index is 2.59. The molecule has 17 heavy (non-hydrogen) atoms. The van der Waals surface area contributed by atoms with Crippen molar-refractivity contribution in [3.05, 3.63) is 23.9 Å². The van der Waals surface area contributed by atoms with Gasteiger partial charge in [0.05, 0.1) is 23.3 Å². The molecule has 0 aliphatic carbocycles. The number of hydrogen-bond donors (Lipinski definition) is 2. The molecule has 0 aliphatic rings. The van der Waals surface area contributed by atoms with Gasteiger partial charge in [-0.05, 0) is 12.1 Å². The van der Waals surface area contributed by atoms with E-state index in [1.165, 1.54) is 22.9 Å². The van der Waals surface area contributed by atoms with Crippen molar-refractivity contribution in [1.29, 1.82) is 0 Å². The Hall–Kier alpha value is -1.11. The lowest BCUT2D eigenvalue weighted by Crippen LogP contribution is -2.21. The maximum absolute atomic E-state index is 11.6. The van der Waals surface area contributed by atoms with Gasteiger partial charge in [0, 0.05) is 26.0 Å². The summed E-state index contributed by atoms with van der Waals surface area (Å²) in [6.45, 7) is -0.260. The molecule has 0 saturated carbocycles. The minimum Gasteiger partial charge on any atom is -0.394 e. The van der Waals surface area contributed by atoms with Gasteiger partial charge in [-0.1, -0.05) is 0 Å². The molecule has 0 radical (unpaired) electrons. The lowest BCUT2D eigenvalue weighted by molar-refractivity contribution is 0.0827. The number of aromatic nitrogens is 1. The Kier molecular flexibility index (Phi) is 5.40. The normalized spacial score (nSPS) is 12.2. The highest BCUT2D eigenvalue weighted by Crippen LogP contribution is 2.16. The molecule has 1 aromatic heterocycles. The molecule has 6 heteroatoms. The Labute approximate surface area is 104 Å². The zero-order valence-electron chi connectivity index (χ0n) is 9.83. The number of amides is 1. The summed E-state index contributed by atoms with van der Waals surface area (Å²) >= 11 is 1.34. The van der Waals surface area contributed by atoms with Gasteiger partial charge in [0.2, 0.25) is 0 Å². The van der Waals surface area contributed by atoms with Crippen LogP contribution in [0.4, 0.5) is 0 Å². The number of pyridine rings is 1. The van der Waals surface area contributed by atoms with Crippen LogP contribution >= 0.6 is 11.8 Å². The van der Waals surface area contributed by atoms with Crippen molar-refractivity contribution in [2.75, 3.05) is 26.5 Å². The smallest absolute Gasteiger partial charge is 0.254 e. The molecule has 0 aromatic carbocycles. The van der Waals surface area contributed by atoms with E-state index in [9.17, 15) is 9.90 Å². The molecule has 1 rings (SSSR count). The molecule has 2 N–H and O–H groups in total. The van der Waals surface area contributed by atoms with Crippen LogP contribution in [0.3, 0.4) is 0 Å². The lowest BCUT2D eigenvalue weighted by atomic mass is 10.2. The Morgan fingerprint density at radius 2 is 2.24 bits per heavy atom. The highest BCUT2D eigenvalue weighted by Gasteiger charge is 2.09. The van der Waals surface area contributed by atoms with Gasteiger partial charge in [-0.25, -0.2) is 4.98 Å². The standard InChI is InChI=1S/C11H16N2O3S/c1-13(2)11(16)8-3-4-10(12-5-8)17-7-9(15)6-14/h3-5,9,14-15H,6-7H2,1-2H3. The molecular weight excluding hydrogens is 240 g/mol. The Bertz CT molecular complexity index is 367. The average molecular weight is 256 g/mol. The van der Waals surface area contributed by atoms with E-state index in [-0.39, 0.29) is 12.5 Å². The summed E-state index contributed by atoms with van der Waals surface area (Å²) in [7, 11) is 3.37. The van der Waals surface area contributed by atoms with Crippen molar-refractivity contribution >= 4 is 17.7 Å². The fourth-order valence-electron chi connectivity index (χ4n) is 1.08. The highest BCUT2D eigenvalue weighted by atomic mass is 32.2. The second-order valence-electron chi connectivity index (χ2n) is 3.73. The van der Waals surface area contributed by atoms with Crippen LogP contribution in [-0.4, -0.2) is 58.6 Å². The van der Waals surface area contributed by atoms with Gasteiger partial charge in [-0.15, -0.1) is 11.8 Å². The van der Waals surface area contributed by atoms with E-state index in [1.54, 1.807) is 26.2 Å². The van der Waals surface area contributed by atoms with Crippen molar-refractivity contribution in [3.8, 4) is 0 Å². The van der Waals surface area contributed by atoms with Crippen molar-refractivity contribution in [3.63, 3.8) is 0 Å². The molecule has 5 nitrogen and oxygen atoms in total. The van der Waals surface area contributed by atoms with E-state index >= 15 is 0 Å². The lowest BCUT2D eigenvalue weighted by Gasteiger charge is -2.10. The maximum atomic E-state index is 11.6. The predicted octanol–water partition coefficient (Wildman–Crippen LogP) is 0.229. The molecule has 1 amide bonds. The summed E-state index contributed by atoms with van der Waals surface area (Å²) in [6, 6.07) is 3.43. The van der Waals surface area contributed by atoms with Gasteiger partial charge in [0.15, 0.2) is 0 Å². The molecule has 1 aromatic rings. The molecule has 94 valence electrons. The van der Waals surface area contributed by atoms with E-state index in [1.807, 2.05) is 0 Å². The minimum atomic E-state index is -0.745. The second-order valence-corrected chi connectivity index (χ2v) is 4.77. The van der Waals surface area contributed by atoms with E-state index < -0.39 is 6.10 Å². The van der Waals surface area contributed by atoms with E-state index in [4.69, 9.17) is 5.11 Å². The van der Waals surface area contributed by atoms with Crippen LogP contribution in [0.5, 0.6) is 0 Å². The molecule has 1 heterocycles. The average Bonchev–Trinajstić information content (AvgIpc) is 2.35. The predicted molar refractivity (Wildman–Crippen MR) is 66.1 cm³/mol. The zero-order chi connectivity index (χ0) is 12.8. The van der Waals surface area contributed by atoms with Crippen LogP contribution in [-0.2, 0) is 0 Å². The molecule has 0 fully saturated rings. The first-order valence-corrected chi connectivity index (χ1v) is 6.12. The Morgan fingerprint density at radius 1 is 1.53 bits per heavy atom. The van der Waals surface area contributed by atoms with E-state index in [0.29, 0.717) is 16.3 Å². The number of carbonyl (C=O) groups excluding carboxylic acids is 1. The number of carbonyl (C=O) groups is 1. The molecule has 1 atom stereocenters.